The summed E-state index contributed by atoms with van der Waals surface area (Å²) in [6.45, 7) is -3.14. The molecule has 0 bridgehead atoms. The molecule has 11 heteroatoms. The Kier molecular flexibility index (Phi) is 4.95. The van der Waals surface area contributed by atoms with E-state index in [4.69, 9.17) is 5.26 Å². The maximum absolute atomic E-state index is 13.4. The minimum atomic E-state index is -3.14. The van der Waals surface area contributed by atoms with E-state index in [1.54, 1.807) is 6.07 Å². The van der Waals surface area contributed by atoms with Crippen molar-refractivity contribution in [2.75, 3.05) is 5.32 Å². The second-order valence-corrected chi connectivity index (χ2v) is 4.46. The molecule has 2 N–H and O–H groups in total. The molecule has 0 saturated heterocycles. The van der Waals surface area contributed by atoms with Crippen LogP contribution in [0.1, 0.15) is 5.82 Å². The molecule has 0 spiro atoms. The van der Waals surface area contributed by atoms with E-state index in [0.29, 0.717) is 0 Å². The van der Waals surface area contributed by atoms with Crippen molar-refractivity contribution in [3.63, 3.8) is 0 Å². The molecule has 22 heavy (non-hydrogen) atoms. The van der Waals surface area contributed by atoms with Crippen LogP contribution in [0.4, 0.5) is 18.9 Å². The summed E-state index contributed by atoms with van der Waals surface area (Å²) in [7, 11) is 0. The van der Waals surface area contributed by atoms with Crippen molar-refractivity contribution in [2.24, 2.45) is 0 Å². The van der Waals surface area contributed by atoms with Gasteiger partial charge in [0.05, 0.1) is 10.2 Å². The summed E-state index contributed by atoms with van der Waals surface area (Å²) in [6, 6.07) is 4.02. The molecule has 2 rings (SSSR count). The van der Waals surface area contributed by atoms with E-state index < -0.39 is 18.2 Å². The normalized spacial score (nSPS) is 11.4. The Morgan fingerprint density at radius 2 is 2.27 bits per heavy atom. The summed E-state index contributed by atoms with van der Waals surface area (Å²) < 4.78 is 42.2. The average Bonchev–Trinajstić information content (AvgIpc) is 3.00. The highest BCUT2D eigenvalue weighted by Gasteiger charge is 2.17. The molecular formula is C11H6BrF3N6O. The number of nitrogens with one attached hydrogen (secondary N) is 2. The lowest BCUT2D eigenvalue weighted by atomic mass is 10.2. The molecule has 0 aliphatic carbocycles. The maximum atomic E-state index is 13.4. The Morgan fingerprint density at radius 1 is 1.50 bits per heavy atom. The van der Waals surface area contributed by atoms with E-state index in [9.17, 15) is 13.2 Å². The number of hydrogen-bond acceptors (Lipinski definition) is 6. The van der Waals surface area contributed by atoms with Crippen LogP contribution in [-0.4, -0.2) is 27.2 Å². The molecule has 0 aliphatic heterocycles. The summed E-state index contributed by atoms with van der Waals surface area (Å²) >= 11 is 2.82. The summed E-state index contributed by atoms with van der Waals surface area (Å²) in [5, 5.41) is 24.2. The van der Waals surface area contributed by atoms with Crippen LogP contribution >= 0.6 is 15.9 Å². The first-order valence-corrected chi connectivity index (χ1v) is 6.35. The molecule has 0 amide bonds. The summed E-state index contributed by atoms with van der Waals surface area (Å²) in [6.07, 6.45) is 1.16. The van der Waals surface area contributed by atoms with Gasteiger partial charge in [-0.25, -0.2) is 4.39 Å². The van der Waals surface area contributed by atoms with E-state index in [-0.39, 0.29) is 21.6 Å². The van der Waals surface area contributed by atoms with Gasteiger partial charge < -0.3 is 10.1 Å². The maximum Gasteiger partial charge on any atom is 0.387 e. The number of rotatable bonds is 5. The molecule has 0 radical (unpaired) electrons. The Balaban J connectivity index is 2.33. The highest BCUT2D eigenvalue weighted by atomic mass is 79.9. The van der Waals surface area contributed by atoms with Gasteiger partial charge in [0.1, 0.15) is 17.5 Å². The molecule has 0 aliphatic rings. The predicted octanol–water partition coefficient (Wildman–Crippen LogP) is 2.68. The number of nitriles is 1. The van der Waals surface area contributed by atoms with Gasteiger partial charge in [0.15, 0.2) is 5.75 Å². The third-order valence-electron chi connectivity index (χ3n) is 2.34. The minimum Gasteiger partial charge on any atom is -0.431 e. The van der Waals surface area contributed by atoms with Crippen molar-refractivity contribution in [2.45, 2.75) is 6.61 Å². The minimum absolute atomic E-state index is 0.00695. The lowest BCUT2D eigenvalue weighted by Crippen LogP contribution is -2.06. The summed E-state index contributed by atoms with van der Waals surface area (Å²) in [5.74, 6) is -1.20. The van der Waals surface area contributed by atoms with Crippen LogP contribution in [0.5, 0.6) is 5.75 Å². The third kappa shape index (κ3) is 3.53. The van der Waals surface area contributed by atoms with Gasteiger partial charge in [-0.3, -0.25) is 0 Å². The molecule has 7 nitrogen and oxygen atoms in total. The van der Waals surface area contributed by atoms with Crippen LogP contribution in [-0.2, 0) is 0 Å². The number of hydrogen-bond donors (Lipinski definition) is 2. The molecule has 1 aromatic heterocycles. The Morgan fingerprint density at radius 3 is 2.86 bits per heavy atom. The monoisotopic (exact) mass is 374 g/mol. The summed E-state index contributed by atoms with van der Waals surface area (Å²) in [4.78, 5) is 0. The fraction of sp³-hybridized carbons (Fsp3) is 0.0909. The van der Waals surface area contributed by atoms with E-state index in [2.05, 4.69) is 46.6 Å². The van der Waals surface area contributed by atoms with Crippen molar-refractivity contribution in [1.82, 2.24) is 20.6 Å². The number of aromatic amines is 1. The van der Waals surface area contributed by atoms with Crippen LogP contribution in [0.25, 0.3) is 5.57 Å². The lowest BCUT2D eigenvalue weighted by Gasteiger charge is -2.13. The average molecular weight is 375 g/mol. The predicted molar refractivity (Wildman–Crippen MR) is 72.1 cm³/mol. The molecule has 0 saturated carbocycles. The molecular weight excluding hydrogens is 369 g/mol. The number of nitrogens with zero attached hydrogens (tertiary/aromatic N) is 4. The first-order chi connectivity index (χ1) is 10.5. The van der Waals surface area contributed by atoms with Gasteiger partial charge in [-0.2, -0.15) is 19.3 Å². The second kappa shape index (κ2) is 6.90. The van der Waals surface area contributed by atoms with Gasteiger partial charge in [0.2, 0.25) is 5.82 Å². The number of aromatic nitrogens is 4. The molecule has 0 unspecified atom stereocenters. The number of halogens is 4. The van der Waals surface area contributed by atoms with Crippen molar-refractivity contribution in [3.05, 3.63) is 34.4 Å². The van der Waals surface area contributed by atoms with E-state index >= 15 is 0 Å². The zero-order valence-corrected chi connectivity index (χ0v) is 12.1. The van der Waals surface area contributed by atoms with Crippen molar-refractivity contribution >= 4 is 27.2 Å². The van der Waals surface area contributed by atoms with Crippen LogP contribution in [0, 0.1) is 17.1 Å². The first kappa shape index (κ1) is 15.8. The summed E-state index contributed by atoms with van der Waals surface area (Å²) in [5.41, 5.74) is 0.00187. The molecule has 2 aromatic rings. The first-order valence-electron chi connectivity index (χ1n) is 5.56. The molecule has 1 heterocycles. The molecule has 1 aromatic carbocycles. The highest BCUT2D eigenvalue weighted by Crippen LogP contribution is 2.36. The highest BCUT2D eigenvalue weighted by molar-refractivity contribution is 9.10. The smallest absolute Gasteiger partial charge is 0.387 e. The van der Waals surface area contributed by atoms with Crippen LogP contribution in [0.3, 0.4) is 0 Å². The Hall–Kier alpha value is -2.61. The molecule has 114 valence electrons. The number of ether oxygens (including phenoxy) is 1. The molecule has 0 atom stereocenters. The number of anilines is 1. The van der Waals surface area contributed by atoms with Crippen molar-refractivity contribution in [3.8, 4) is 11.8 Å². The van der Waals surface area contributed by atoms with Gasteiger partial charge >= 0.3 is 6.61 Å². The van der Waals surface area contributed by atoms with Gasteiger partial charge in [0.25, 0.3) is 0 Å². The topological polar surface area (TPSA) is 99.5 Å². The fourth-order valence-corrected chi connectivity index (χ4v) is 1.86. The Labute approximate surface area is 129 Å². The quantitative estimate of drug-likeness (QED) is 0.780. The standard InChI is InChI=1S/C11H6BrF3N6O/c12-8-6(13)1-2-7(9(8)22-11(14)15)17-4-5(3-16)10-18-20-21-19-10/h1-2,4,11,17H,(H,18,19,20,21). The zero-order chi connectivity index (χ0) is 16.1. The van der Waals surface area contributed by atoms with Gasteiger partial charge in [-0.05, 0) is 33.3 Å². The van der Waals surface area contributed by atoms with E-state index in [0.717, 1.165) is 12.3 Å². The van der Waals surface area contributed by atoms with Crippen molar-refractivity contribution < 1.29 is 17.9 Å². The van der Waals surface area contributed by atoms with Crippen LogP contribution in [0.15, 0.2) is 22.8 Å². The Bertz CT molecular complexity index is 728. The van der Waals surface area contributed by atoms with Gasteiger partial charge in [-0.15, -0.1) is 10.2 Å². The lowest BCUT2D eigenvalue weighted by molar-refractivity contribution is -0.0500. The van der Waals surface area contributed by atoms with Gasteiger partial charge in [0, 0.05) is 6.20 Å². The number of benzene rings is 1. The number of tetrazole rings is 1. The van der Waals surface area contributed by atoms with Crippen molar-refractivity contribution in [1.29, 1.82) is 5.26 Å². The zero-order valence-electron chi connectivity index (χ0n) is 10.5. The largest absolute Gasteiger partial charge is 0.431 e. The number of allylic oxidation sites excluding steroid dienone is 1. The van der Waals surface area contributed by atoms with E-state index in [1.807, 2.05) is 0 Å². The number of H-pyrrole nitrogens is 1. The number of alkyl halides is 2. The fourth-order valence-electron chi connectivity index (χ4n) is 1.42. The second-order valence-electron chi connectivity index (χ2n) is 3.67. The van der Waals surface area contributed by atoms with E-state index in [1.165, 1.54) is 6.07 Å². The van der Waals surface area contributed by atoms with Crippen LogP contribution < -0.4 is 10.1 Å². The molecule has 0 fully saturated rings. The van der Waals surface area contributed by atoms with Crippen LogP contribution in [0.2, 0.25) is 0 Å². The SMILES string of the molecule is N#CC(=CNc1ccc(F)c(Br)c1OC(F)F)c1nn[nH]n1. The van der Waals surface area contributed by atoms with Gasteiger partial charge in [-0.1, -0.05) is 0 Å². The third-order valence-corrected chi connectivity index (χ3v) is 3.07.